The fourth-order valence-electron chi connectivity index (χ4n) is 4.66. The molecule has 4 heteroatoms. The zero-order chi connectivity index (χ0) is 17.2. The van der Waals surface area contributed by atoms with Gasteiger partial charge in [0.15, 0.2) is 5.78 Å². The Bertz CT molecular complexity index is 667. The summed E-state index contributed by atoms with van der Waals surface area (Å²) in [5, 5.41) is 0. The molecule has 2 fully saturated rings. The number of nitrogens with zero attached hydrogens (tertiary/aromatic N) is 1. The van der Waals surface area contributed by atoms with Gasteiger partial charge in [0.25, 0.3) is 0 Å². The minimum atomic E-state index is 0.0940. The molecule has 4 nitrogen and oxygen atoms in total. The van der Waals surface area contributed by atoms with E-state index >= 15 is 0 Å². The summed E-state index contributed by atoms with van der Waals surface area (Å²) in [6.45, 7) is 1.30. The number of aryl methyl sites for hydroxylation is 2. The summed E-state index contributed by atoms with van der Waals surface area (Å²) >= 11 is 0. The number of rotatable bonds is 4. The number of Topliss-reactive ketones (excluding diaryl/α,β-unsaturated/α-hetero) is 1. The summed E-state index contributed by atoms with van der Waals surface area (Å²) in [6, 6.07) is 6.29. The standard InChI is InChI=1S/C21H27NO3/c23-19(17-9-8-15-4-3-5-16(15)14-17)10-11-21(24)22-12-13-25-20-7-2-1-6-18(20)22/h8-9,14,18,20H,1-7,10-13H2/t18-,20-/m0/s1. The van der Waals surface area contributed by atoms with Gasteiger partial charge >= 0.3 is 0 Å². The van der Waals surface area contributed by atoms with Gasteiger partial charge in [-0.2, -0.15) is 0 Å². The molecule has 0 radical (unpaired) electrons. The van der Waals surface area contributed by atoms with E-state index in [2.05, 4.69) is 6.07 Å². The van der Waals surface area contributed by atoms with Crippen molar-refractivity contribution in [3.05, 3.63) is 34.9 Å². The fourth-order valence-corrected chi connectivity index (χ4v) is 4.66. The average molecular weight is 341 g/mol. The zero-order valence-corrected chi connectivity index (χ0v) is 14.8. The van der Waals surface area contributed by atoms with Crippen LogP contribution in [0.25, 0.3) is 0 Å². The van der Waals surface area contributed by atoms with Gasteiger partial charge in [0, 0.05) is 24.9 Å². The number of amides is 1. The van der Waals surface area contributed by atoms with Crippen LogP contribution < -0.4 is 0 Å². The molecule has 1 heterocycles. The topological polar surface area (TPSA) is 46.6 Å². The van der Waals surface area contributed by atoms with Crippen molar-refractivity contribution in [2.75, 3.05) is 13.2 Å². The molecule has 1 saturated carbocycles. The fraction of sp³-hybridized carbons (Fsp3) is 0.619. The zero-order valence-electron chi connectivity index (χ0n) is 14.8. The Balaban J connectivity index is 1.35. The van der Waals surface area contributed by atoms with Crippen LogP contribution in [0.4, 0.5) is 0 Å². The molecule has 1 aromatic carbocycles. The molecule has 0 bridgehead atoms. The molecule has 0 N–H and O–H groups in total. The van der Waals surface area contributed by atoms with E-state index in [1.54, 1.807) is 0 Å². The maximum absolute atomic E-state index is 12.7. The highest BCUT2D eigenvalue weighted by molar-refractivity contribution is 5.98. The molecule has 134 valence electrons. The second-order valence-corrected chi connectivity index (χ2v) is 7.61. The lowest BCUT2D eigenvalue weighted by Gasteiger charge is -2.43. The van der Waals surface area contributed by atoms with Gasteiger partial charge in [0.1, 0.15) is 0 Å². The first kappa shape index (κ1) is 16.8. The summed E-state index contributed by atoms with van der Waals surface area (Å²) in [5.41, 5.74) is 3.46. The molecule has 0 spiro atoms. The Hall–Kier alpha value is -1.68. The first-order valence-corrected chi connectivity index (χ1v) is 9.78. The van der Waals surface area contributed by atoms with Gasteiger partial charge in [0.2, 0.25) is 5.91 Å². The molecule has 4 rings (SSSR count). The summed E-state index contributed by atoms with van der Waals surface area (Å²) < 4.78 is 5.84. The third kappa shape index (κ3) is 3.50. The summed E-state index contributed by atoms with van der Waals surface area (Å²) in [6.07, 6.45) is 8.68. The van der Waals surface area contributed by atoms with Crippen LogP contribution in [0, 0.1) is 0 Å². The molecule has 2 aliphatic carbocycles. The number of morpholine rings is 1. The second kappa shape index (κ2) is 7.28. The highest BCUT2D eigenvalue weighted by Crippen LogP contribution is 2.29. The average Bonchev–Trinajstić information content (AvgIpc) is 3.13. The van der Waals surface area contributed by atoms with Crippen molar-refractivity contribution in [1.29, 1.82) is 0 Å². The minimum Gasteiger partial charge on any atom is -0.374 e. The number of hydrogen-bond donors (Lipinski definition) is 0. The van der Waals surface area contributed by atoms with Crippen LogP contribution in [0.3, 0.4) is 0 Å². The van der Waals surface area contributed by atoms with Crippen LogP contribution in [0.1, 0.15) is 66.4 Å². The van der Waals surface area contributed by atoms with E-state index in [0.717, 1.165) is 31.2 Å². The van der Waals surface area contributed by atoms with E-state index in [1.807, 2.05) is 17.0 Å². The largest absolute Gasteiger partial charge is 0.374 e. The molecule has 1 aliphatic heterocycles. The Labute approximate surface area is 149 Å². The molecule has 0 aromatic heterocycles. The van der Waals surface area contributed by atoms with E-state index in [0.29, 0.717) is 26.0 Å². The molecule has 1 aromatic rings. The normalized spacial score (nSPS) is 25.4. The van der Waals surface area contributed by atoms with Gasteiger partial charge in [-0.05, 0) is 49.3 Å². The highest BCUT2D eigenvalue weighted by Gasteiger charge is 2.36. The van der Waals surface area contributed by atoms with Crippen molar-refractivity contribution in [2.45, 2.75) is 69.9 Å². The Morgan fingerprint density at radius 2 is 1.88 bits per heavy atom. The van der Waals surface area contributed by atoms with E-state index in [9.17, 15) is 9.59 Å². The molecular formula is C21H27NO3. The van der Waals surface area contributed by atoms with E-state index < -0.39 is 0 Å². The predicted octanol–water partition coefficient (Wildman–Crippen LogP) is 3.31. The quantitative estimate of drug-likeness (QED) is 0.790. The molecule has 1 amide bonds. The van der Waals surface area contributed by atoms with Crippen molar-refractivity contribution in [1.82, 2.24) is 4.90 Å². The van der Waals surface area contributed by atoms with Crippen molar-refractivity contribution in [3.8, 4) is 0 Å². The van der Waals surface area contributed by atoms with Gasteiger partial charge in [0.05, 0.1) is 18.8 Å². The molecule has 3 aliphatic rings. The van der Waals surface area contributed by atoms with Gasteiger partial charge in [-0.3, -0.25) is 9.59 Å². The predicted molar refractivity (Wildman–Crippen MR) is 95.7 cm³/mol. The number of fused-ring (bicyclic) bond motifs is 2. The Kier molecular flexibility index (Phi) is 4.89. The van der Waals surface area contributed by atoms with Gasteiger partial charge in [-0.1, -0.05) is 25.0 Å². The number of hydrogen-bond acceptors (Lipinski definition) is 3. The number of ether oxygens (including phenoxy) is 1. The second-order valence-electron chi connectivity index (χ2n) is 7.61. The van der Waals surface area contributed by atoms with Crippen molar-refractivity contribution in [2.24, 2.45) is 0 Å². The van der Waals surface area contributed by atoms with Gasteiger partial charge in [-0.25, -0.2) is 0 Å². The lowest BCUT2D eigenvalue weighted by atomic mass is 9.90. The summed E-state index contributed by atoms with van der Waals surface area (Å²) in [4.78, 5) is 27.2. The van der Waals surface area contributed by atoms with Gasteiger partial charge < -0.3 is 9.64 Å². The molecule has 0 unspecified atom stereocenters. The number of carbonyl (C=O) groups excluding carboxylic acids is 2. The molecule has 1 saturated heterocycles. The third-order valence-corrected chi connectivity index (χ3v) is 6.04. The summed E-state index contributed by atoms with van der Waals surface area (Å²) in [7, 11) is 0. The highest BCUT2D eigenvalue weighted by atomic mass is 16.5. The van der Waals surface area contributed by atoms with Crippen LogP contribution in [0.5, 0.6) is 0 Å². The van der Waals surface area contributed by atoms with Crippen molar-refractivity contribution in [3.63, 3.8) is 0 Å². The molecule has 25 heavy (non-hydrogen) atoms. The first-order chi connectivity index (χ1) is 12.2. The maximum atomic E-state index is 12.7. The van der Waals surface area contributed by atoms with Crippen LogP contribution in [-0.4, -0.2) is 41.9 Å². The van der Waals surface area contributed by atoms with Crippen molar-refractivity contribution >= 4 is 11.7 Å². The van der Waals surface area contributed by atoms with Crippen LogP contribution in [0.2, 0.25) is 0 Å². The lowest BCUT2D eigenvalue weighted by Crippen LogP contribution is -2.54. The van der Waals surface area contributed by atoms with E-state index in [4.69, 9.17) is 4.74 Å². The van der Waals surface area contributed by atoms with Gasteiger partial charge in [-0.15, -0.1) is 0 Å². The number of ketones is 1. The Morgan fingerprint density at radius 1 is 1.04 bits per heavy atom. The van der Waals surface area contributed by atoms with E-state index in [-0.39, 0.29) is 23.8 Å². The van der Waals surface area contributed by atoms with Crippen LogP contribution >= 0.6 is 0 Å². The smallest absolute Gasteiger partial charge is 0.223 e. The van der Waals surface area contributed by atoms with Crippen LogP contribution in [0.15, 0.2) is 18.2 Å². The minimum absolute atomic E-state index is 0.0940. The van der Waals surface area contributed by atoms with Crippen LogP contribution in [-0.2, 0) is 22.4 Å². The SMILES string of the molecule is O=C(CCC(=O)N1CCO[C@H]2CCCC[C@@H]21)c1ccc2c(c1)CCC2. The molecular weight excluding hydrogens is 314 g/mol. The third-order valence-electron chi connectivity index (χ3n) is 6.04. The summed E-state index contributed by atoms with van der Waals surface area (Å²) in [5.74, 6) is 0.214. The lowest BCUT2D eigenvalue weighted by molar-refractivity contribution is -0.149. The molecule has 2 atom stereocenters. The first-order valence-electron chi connectivity index (χ1n) is 9.78. The van der Waals surface area contributed by atoms with E-state index in [1.165, 1.54) is 30.4 Å². The monoisotopic (exact) mass is 341 g/mol. The maximum Gasteiger partial charge on any atom is 0.223 e. The Morgan fingerprint density at radius 3 is 2.80 bits per heavy atom. The number of benzene rings is 1. The number of carbonyl (C=O) groups is 2. The van der Waals surface area contributed by atoms with Crippen molar-refractivity contribution < 1.29 is 14.3 Å².